The van der Waals surface area contributed by atoms with Crippen LogP contribution in [0, 0.1) is 5.82 Å². The molecule has 1 aromatic heterocycles. The van der Waals surface area contributed by atoms with Gasteiger partial charge in [-0.1, -0.05) is 11.6 Å². The predicted octanol–water partition coefficient (Wildman–Crippen LogP) is 4.99. The van der Waals surface area contributed by atoms with Crippen LogP contribution < -0.4 is 15.0 Å². The van der Waals surface area contributed by atoms with Crippen LogP contribution in [-0.2, 0) is 15.1 Å². The van der Waals surface area contributed by atoms with Crippen molar-refractivity contribution in [2.45, 2.75) is 62.1 Å². The highest BCUT2D eigenvalue weighted by atomic mass is 35.5. The fraction of sp³-hybridized carbons (Fsp3) is 0.455. The molecule has 1 unspecified atom stereocenters. The molecule has 0 saturated heterocycles. The quantitative estimate of drug-likeness (QED) is 0.384. The van der Waals surface area contributed by atoms with E-state index in [0.717, 1.165) is 25.6 Å². The van der Waals surface area contributed by atoms with E-state index in [1.807, 2.05) is 0 Å². The highest BCUT2D eigenvalue weighted by Gasteiger charge is 2.49. The zero-order valence-electron chi connectivity index (χ0n) is 19.0. The first kappa shape index (κ1) is 28.4. The Morgan fingerprint density at radius 2 is 1.78 bits per heavy atom. The molecule has 3 rings (SSSR count). The topological polar surface area (TPSA) is 84.4 Å². The van der Waals surface area contributed by atoms with Crippen molar-refractivity contribution in [3.63, 3.8) is 0 Å². The number of rotatable bonds is 7. The standard InChI is InChI=1S/C22H20ClF7N4O3/c1-20(12-9-31-11-32-10-12,19(36)33-13-4-6-21(26,27)7-5-13)34(18(35)17(23)25)16-3-2-14(8-15(16)24)37-22(28,29)30/h2-3,8-11,13,17H,4-7H2,1H3,(H,33,36)/t17-,20?/m0/s1. The summed E-state index contributed by atoms with van der Waals surface area (Å²) in [5.41, 5.74) is -6.12. The van der Waals surface area contributed by atoms with Gasteiger partial charge in [0, 0.05) is 42.9 Å². The number of amides is 2. The van der Waals surface area contributed by atoms with Crippen LogP contribution in [0.3, 0.4) is 0 Å². The monoisotopic (exact) mass is 556 g/mol. The lowest BCUT2D eigenvalue weighted by Crippen LogP contribution is -2.60. The van der Waals surface area contributed by atoms with Crippen molar-refractivity contribution >= 4 is 29.1 Å². The molecule has 37 heavy (non-hydrogen) atoms. The minimum absolute atomic E-state index is 0.118. The Morgan fingerprint density at radius 3 is 2.30 bits per heavy atom. The van der Waals surface area contributed by atoms with Crippen LogP contribution in [0.1, 0.15) is 38.2 Å². The van der Waals surface area contributed by atoms with Crippen LogP contribution in [0.2, 0.25) is 0 Å². The van der Waals surface area contributed by atoms with E-state index >= 15 is 4.39 Å². The molecule has 2 amide bonds. The van der Waals surface area contributed by atoms with Crippen LogP contribution in [0.15, 0.2) is 36.9 Å². The molecule has 2 aromatic rings. The van der Waals surface area contributed by atoms with Crippen LogP contribution in [0.4, 0.5) is 36.4 Å². The largest absolute Gasteiger partial charge is 0.573 e. The Morgan fingerprint density at radius 1 is 1.19 bits per heavy atom. The second-order valence-corrected chi connectivity index (χ2v) is 8.82. The lowest BCUT2D eigenvalue weighted by molar-refractivity contribution is -0.274. The molecule has 1 saturated carbocycles. The molecule has 1 N–H and O–H groups in total. The van der Waals surface area contributed by atoms with Crippen molar-refractivity contribution in [1.29, 1.82) is 0 Å². The number of nitrogens with one attached hydrogen (secondary N) is 1. The molecule has 202 valence electrons. The van der Waals surface area contributed by atoms with E-state index in [1.165, 1.54) is 0 Å². The highest BCUT2D eigenvalue weighted by molar-refractivity contribution is 6.32. The average Bonchev–Trinajstić information content (AvgIpc) is 2.81. The van der Waals surface area contributed by atoms with Crippen LogP contribution in [0.25, 0.3) is 0 Å². The summed E-state index contributed by atoms with van der Waals surface area (Å²) in [4.78, 5) is 34.4. The van der Waals surface area contributed by atoms with Gasteiger partial charge in [0.25, 0.3) is 17.4 Å². The van der Waals surface area contributed by atoms with E-state index in [0.29, 0.717) is 17.0 Å². The second-order valence-electron chi connectivity index (χ2n) is 8.44. The summed E-state index contributed by atoms with van der Waals surface area (Å²) < 4.78 is 97.8. The normalized spacial score (nSPS) is 18.4. The third-order valence-electron chi connectivity index (χ3n) is 5.87. The lowest BCUT2D eigenvalue weighted by atomic mass is 9.87. The molecule has 1 fully saturated rings. The summed E-state index contributed by atoms with van der Waals surface area (Å²) in [5, 5.41) is 2.52. The fourth-order valence-corrected chi connectivity index (χ4v) is 4.06. The van der Waals surface area contributed by atoms with Gasteiger partial charge in [-0.3, -0.25) is 14.5 Å². The second kappa shape index (κ2) is 10.7. The summed E-state index contributed by atoms with van der Waals surface area (Å²) in [7, 11) is 0. The highest BCUT2D eigenvalue weighted by Crippen LogP contribution is 2.39. The van der Waals surface area contributed by atoms with E-state index in [1.54, 1.807) is 0 Å². The number of carbonyl (C=O) groups excluding carboxylic acids is 2. The van der Waals surface area contributed by atoms with Crippen molar-refractivity contribution < 1.29 is 45.1 Å². The van der Waals surface area contributed by atoms with Crippen LogP contribution in [0.5, 0.6) is 5.75 Å². The average molecular weight is 557 g/mol. The number of carbonyl (C=O) groups is 2. The maximum Gasteiger partial charge on any atom is 0.573 e. The van der Waals surface area contributed by atoms with E-state index in [9.17, 15) is 35.9 Å². The van der Waals surface area contributed by atoms with Gasteiger partial charge in [0.05, 0.1) is 5.69 Å². The lowest BCUT2D eigenvalue weighted by Gasteiger charge is -2.41. The maximum atomic E-state index is 15.1. The smallest absolute Gasteiger partial charge is 0.406 e. The predicted molar refractivity (Wildman–Crippen MR) is 116 cm³/mol. The van der Waals surface area contributed by atoms with E-state index in [-0.39, 0.29) is 24.5 Å². The van der Waals surface area contributed by atoms with Crippen molar-refractivity contribution in [1.82, 2.24) is 15.3 Å². The summed E-state index contributed by atoms with van der Waals surface area (Å²) >= 11 is 5.37. The van der Waals surface area contributed by atoms with E-state index in [2.05, 4.69) is 20.0 Å². The number of alkyl halides is 7. The van der Waals surface area contributed by atoms with Crippen molar-refractivity contribution in [2.24, 2.45) is 0 Å². The maximum absolute atomic E-state index is 15.1. The van der Waals surface area contributed by atoms with Gasteiger partial charge in [0.15, 0.2) is 11.4 Å². The number of anilines is 1. The molecule has 0 aliphatic heterocycles. The van der Waals surface area contributed by atoms with Gasteiger partial charge in [0.2, 0.25) is 5.92 Å². The number of benzene rings is 1. The molecule has 7 nitrogen and oxygen atoms in total. The zero-order chi connectivity index (χ0) is 27.6. The van der Waals surface area contributed by atoms with Crippen molar-refractivity contribution in [3.05, 3.63) is 48.3 Å². The van der Waals surface area contributed by atoms with Crippen molar-refractivity contribution in [3.8, 4) is 5.75 Å². The van der Waals surface area contributed by atoms with Gasteiger partial charge in [-0.25, -0.2) is 27.5 Å². The SMILES string of the molecule is CC(C(=O)NC1CCC(F)(F)CC1)(c1cncnc1)N(C(=O)[C@H](F)Cl)c1ccc(OC(F)(F)F)cc1F. The van der Waals surface area contributed by atoms with Crippen molar-refractivity contribution in [2.75, 3.05) is 4.90 Å². The number of ether oxygens (including phenoxy) is 1. The minimum atomic E-state index is -5.16. The minimum Gasteiger partial charge on any atom is -0.406 e. The van der Waals surface area contributed by atoms with Gasteiger partial charge < -0.3 is 10.1 Å². The summed E-state index contributed by atoms with van der Waals surface area (Å²) in [6.07, 6.45) is -3.22. The Kier molecular flexibility index (Phi) is 8.20. The molecule has 1 aromatic carbocycles. The first-order valence-electron chi connectivity index (χ1n) is 10.8. The van der Waals surface area contributed by atoms with Crippen LogP contribution >= 0.6 is 11.6 Å². The van der Waals surface area contributed by atoms with Gasteiger partial charge in [-0.2, -0.15) is 0 Å². The number of aromatic nitrogens is 2. The molecule has 0 spiro atoms. The molecular weight excluding hydrogens is 537 g/mol. The Balaban J connectivity index is 2.10. The first-order valence-corrected chi connectivity index (χ1v) is 11.2. The Labute approximate surface area is 211 Å². The fourth-order valence-electron chi connectivity index (χ4n) is 3.97. The molecule has 1 aliphatic carbocycles. The zero-order valence-corrected chi connectivity index (χ0v) is 19.8. The summed E-state index contributed by atoms with van der Waals surface area (Å²) in [5.74, 6) is -8.06. The van der Waals surface area contributed by atoms with Gasteiger partial charge >= 0.3 is 6.36 Å². The Hall–Kier alpha value is -3.16. The third-order valence-corrected chi connectivity index (χ3v) is 6.05. The Bertz CT molecular complexity index is 1130. The number of hydrogen-bond donors (Lipinski definition) is 1. The molecular formula is C22H20ClF7N4O3. The van der Waals surface area contributed by atoms with Gasteiger partial charge in [0.1, 0.15) is 12.1 Å². The molecule has 2 atom stereocenters. The molecule has 0 radical (unpaired) electrons. The van der Waals surface area contributed by atoms with Gasteiger partial charge in [-0.15, -0.1) is 13.2 Å². The molecule has 15 heteroatoms. The molecule has 1 heterocycles. The van der Waals surface area contributed by atoms with E-state index in [4.69, 9.17) is 11.6 Å². The van der Waals surface area contributed by atoms with E-state index < -0.39 is 71.4 Å². The third kappa shape index (κ3) is 6.59. The van der Waals surface area contributed by atoms with Gasteiger partial charge in [-0.05, 0) is 31.9 Å². The number of nitrogens with zero attached hydrogens (tertiary/aromatic N) is 3. The van der Waals surface area contributed by atoms with Crippen LogP contribution in [-0.4, -0.2) is 45.7 Å². The first-order chi connectivity index (χ1) is 17.1. The molecule has 0 bridgehead atoms. The molecule has 1 aliphatic rings. The summed E-state index contributed by atoms with van der Waals surface area (Å²) in [6, 6.07) is 0.839. The summed E-state index contributed by atoms with van der Waals surface area (Å²) in [6.45, 7) is 1.08. The number of halogens is 8. The number of hydrogen-bond acceptors (Lipinski definition) is 5.